The molecule has 4 heteroatoms. The summed E-state index contributed by atoms with van der Waals surface area (Å²) in [6.45, 7) is 3.05. The highest BCUT2D eigenvalue weighted by Gasteiger charge is 2.10. The fourth-order valence-electron chi connectivity index (χ4n) is 1.06. The first-order valence-corrected chi connectivity index (χ1v) is 4.56. The molecule has 1 rings (SSSR count). The molecule has 0 atom stereocenters. The number of aromatic amines is 1. The zero-order valence-corrected chi connectivity index (χ0v) is 8.83. The van der Waals surface area contributed by atoms with Crippen molar-refractivity contribution < 1.29 is 9.53 Å². The Labute approximate surface area is 83.9 Å². The number of hydrogen-bond acceptors (Lipinski definition) is 3. The fraction of sp³-hybridized carbons (Fsp3) is 0.500. The summed E-state index contributed by atoms with van der Waals surface area (Å²) in [6, 6.07) is 0. The van der Waals surface area contributed by atoms with Gasteiger partial charge in [0, 0.05) is 18.9 Å². The van der Waals surface area contributed by atoms with Gasteiger partial charge in [0.25, 0.3) is 0 Å². The number of nitrogens with one attached hydrogen (secondary N) is 1. The van der Waals surface area contributed by atoms with Crippen molar-refractivity contribution in [2.24, 2.45) is 0 Å². The Bertz CT molecular complexity index is 305. The van der Waals surface area contributed by atoms with Crippen LogP contribution in [0.1, 0.15) is 15.9 Å². The summed E-state index contributed by atoms with van der Waals surface area (Å²) in [5.74, 6) is -0.259. The minimum absolute atomic E-state index is 0.259. The van der Waals surface area contributed by atoms with E-state index in [1.807, 2.05) is 25.9 Å². The molecule has 1 aromatic rings. The van der Waals surface area contributed by atoms with E-state index >= 15 is 0 Å². The lowest BCUT2D eigenvalue weighted by molar-refractivity contribution is 0.0481. The average molecular weight is 196 g/mol. The van der Waals surface area contributed by atoms with Crippen LogP contribution in [0.5, 0.6) is 0 Å². The second kappa shape index (κ2) is 4.81. The van der Waals surface area contributed by atoms with Crippen LogP contribution in [0.15, 0.2) is 12.4 Å². The maximum absolute atomic E-state index is 11.4. The lowest BCUT2D eigenvalue weighted by Gasteiger charge is -2.09. The molecular formula is C10H16N2O2. The third-order valence-corrected chi connectivity index (χ3v) is 1.94. The molecule has 4 nitrogen and oxygen atoms in total. The summed E-state index contributed by atoms with van der Waals surface area (Å²) in [4.78, 5) is 16.3. The quantitative estimate of drug-likeness (QED) is 0.732. The van der Waals surface area contributed by atoms with Crippen molar-refractivity contribution in [3.05, 3.63) is 23.5 Å². The molecule has 14 heavy (non-hydrogen) atoms. The molecule has 78 valence electrons. The molecule has 0 amide bonds. The molecule has 0 saturated carbocycles. The third kappa shape index (κ3) is 2.88. The summed E-state index contributed by atoms with van der Waals surface area (Å²) >= 11 is 0. The van der Waals surface area contributed by atoms with E-state index in [2.05, 4.69) is 4.98 Å². The van der Waals surface area contributed by atoms with E-state index in [1.54, 1.807) is 12.4 Å². The Morgan fingerprint density at radius 1 is 1.50 bits per heavy atom. The number of H-pyrrole nitrogens is 1. The number of nitrogens with zero attached hydrogens (tertiary/aromatic N) is 1. The molecule has 0 aliphatic carbocycles. The monoisotopic (exact) mass is 196 g/mol. The molecular weight excluding hydrogens is 180 g/mol. The minimum atomic E-state index is -0.259. The van der Waals surface area contributed by atoms with Crippen molar-refractivity contribution >= 4 is 5.97 Å². The predicted octanol–water partition coefficient (Wildman–Crippen LogP) is 1.04. The topological polar surface area (TPSA) is 45.3 Å². The Kier molecular flexibility index (Phi) is 3.71. The number of aryl methyl sites for hydroxylation is 1. The number of carbonyl (C=O) groups is 1. The van der Waals surface area contributed by atoms with Crippen molar-refractivity contribution in [2.45, 2.75) is 6.92 Å². The molecule has 0 aliphatic rings. The molecule has 0 spiro atoms. The van der Waals surface area contributed by atoms with Gasteiger partial charge in [-0.05, 0) is 26.6 Å². The van der Waals surface area contributed by atoms with Gasteiger partial charge < -0.3 is 14.6 Å². The highest BCUT2D eigenvalue weighted by atomic mass is 16.5. The van der Waals surface area contributed by atoms with Crippen LogP contribution in [0.3, 0.4) is 0 Å². The van der Waals surface area contributed by atoms with Gasteiger partial charge >= 0.3 is 5.97 Å². The van der Waals surface area contributed by atoms with Gasteiger partial charge in [-0.2, -0.15) is 0 Å². The van der Waals surface area contributed by atoms with Crippen LogP contribution in [0.2, 0.25) is 0 Å². The van der Waals surface area contributed by atoms with Crippen molar-refractivity contribution in [1.82, 2.24) is 9.88 Å². The zero-order valence-electron chi connectivity index (χ0n) is 8.83. The van der Waals surface area contributed by atoms with Crippen molar-refractivity contribution in [3.63, 3.8) is 0 Å². The molecule has 1 N–H and O–H groups in total. The minimum Gasteiger partial charge on any atom is -0.461 e. The van der Waals surface area contributed by atoms with Gasteiger partial charge in [-0.15, -0.1) is 0 Å². The highest BCUT2D eigenvalue weighted by molar-refractivity contribution is 5.90. The Morgan fingerprint density at radius 2 is 2.21 bits per heavy atom. The van der Waals surface area contributed by atoms with Crippen LogP contribution >= 0.6 is 0 Å². The number of aromatic nitrogens is 1. The van der Waals surface area contributed by atoms with Gasteiger partial charge in [0.05, 0.1) is 5.56 Å². The van der Waals surface area contributed by atoms with Gasteiger partial charge in [0.1, 0.15) is 6.61 Å². The Morgan fingerprint density at radius 3 is 2.71 bits per heavy atom. The van der Waals surface area contributed by atoms with Gasteiger partial charge in [0.2, 0.25) is 0 Å². The van der Waals surface area contributed by atoms with Crippen LogP contribution < -0.4 is 0 Å². The Balaban J connectivity index is 2.40. The normalized spacial score (nSPS) is 10.6. The molecule has 0 aliphatic heterocycles. The van der Waals surface area contributed by atoms with Crippen LogP contribution in [0.4, 0.5) is 0 Å². The third-order valence-electron chi connectivity index (χ3n) is 1.94. The highest BCUT2D eigenvalue weighted by Crippen LogP contribution is 2.07. The first-order chi connectivity index (χ1) is 6.61. The summed E-state index contributed by atoms with van der Waals surface area (Å²) in [6.07, 6.45) is 3.44. The van der Waals surface area contributed by atoms with Gasteiger partial charge in [0.15, 0.2) is 0 Å². The molecule has 0 unspecified atom stereocenters. The van der Waals surface area contributed by atoms with E-state index in [0.29, 0.717) is 12.2 Å². The van der Waals surface area contributed by atoms with E-state index < -0.39 is 0 Å². The second-order valence-corrected chi connectivity index (χ2v) is 3.49. The standard InChI is InChI=1S/C10H16N2O2/c1-8-6-11-7-9(8)10(13)14-5-4-12(2)3/h6-7,11H,4-5H2,1-3H3. The van der Waals surface area contributed by atoms with Crippen LogP contribution in [0, 0.1) is 6.92 Å². The zero-order chi connectivity index (χ0) is 10.6. The first kappa shape index (κ1) is 10.8. The van der Waals surface area contributed by atoms with E-state index in [4.69, 9.17) is 4.74 Å². The molecule has 1 heterocycles. The summed E-state index contributed by atoms with van der Waals surface area (Å²) in [5, 5.41) is 0. The number of ether oxygens (including phenoxy) is 1. The van der Waals surface area contributed by atoms with Crippen LogP contribution in [-0.4, -0.2) is 43.1 Å². The molecule has 1 aromatic heterocycles. The largest absolute Gasteiger partial charge is 0.461 e. The summed E-state index contributed by atoms with van der Waals surface area (Å²) < 4.78 is 5.08. The fourth-order valence-corrected chi connectivity index (χ4v) is 1.06. The van der Waals surface area contributed by atoms with Crippen molar-refractivity contribution in [3.8, 4) is 0 Å². The smallest absolute Gasteiger partial charge is 0.339 e. The molecule has 0 saturated heterocycles. The number of esters is 1. The SMILES string of the molecule is Cc1c[nH]cc1C(=O)OCCN(C)C. The van der Waals surface area contributed by atoms with Crippen molar-refractivity contribution in [1.29, 1.82) is 0 Å². The number of rotatable bonds is 4. The lowest BCUT2D eigenvalue weighted by Crippen LogP contribution is -2.20. The van der Waals surface area contributed by atoms with Crippen LogP contribution in [0.25, 0.3) is 0 Å². The Hall–Kier alpha value is -1.29. The molecule has 0 bridgehead atoms. The van der Waals surface area contributed by atoms with Gasteiger partial charge in [-0.1, -0.05) is 0 Å². The van der Waals surface area contributed by atoms with Crippen LogP contribution in [-0.2, 0) is 4.74 Å². The molecule has 0 radical (unpaired) electrons. The van der Waals surface area contributed by atoms with E-state index in [-0.39, 0.29) is 5.97 Å². The van der Waals surface area contributed by atoms with Crippen molar-refractivity contribution in [2.75, 3.05) is 27.2 Å². The molecule has 0 aromatic carbocycles. The van der Waals surface area contributed by atoms with Gasteiger partial charge in [-0.25, -0.2) is 4.79 Å². The summed E-state index contributed by atoms with van der Waals surface area (Å²) in [7, 11) is 3.88. The lowest BCUT2D eigenvalue weighted by atomic mass is 10.2. The number of carbonyl (C=O) groups excluding carboxylic acids is 1. The number of hydrogen-bond donors (Lipinski definition) is 1. The predicted molar refractivity (Wildman–Crippen MR) is 54.4 cm³/mol. The first-order valence-electron chi connectivity index (χ1n) is 4.56. The molecule has 0 fully saturated rings. The van der Waals surface area contributed by atoms with Gasteiger partial charge in [-0.3, -0.25) is 0 Å². The summed E-state index contributed by atoms with van der Waals surface area (Å²) in [5.41, 5.74) is 1.53. The average Bonchev–Trinajstić information content (AvgIpc) is 2.50. The van der Waals surface area contributed by atoms with E-state index in [9.17, 15) is 4.79 Å². The van der Waals surface area contributed by atoms with E-state index in [1.165, 1.54) is 0 Å². The maximum Gasteiger partial charge on any atom is 0.339 e. The van der Waals surface area contributed by atoms with E-state index in [0.717, 1.165) is 12.1 Å². The maximum atomic E-state index is 11.4. The number of likely N-dealkylation sites (N-methyl/N-ethyl adjacent to an activating group) is 1. The second-order valence-electron chi connectivity index (χ2n) is 3.49.